The Kier molecular flexibility index (Phi) is 35.9. The number of aromatic amines is 1. The number of pyridine rings is 1. The van der Waals surface area contributed by atoms with Crippen LogP contribution in [0, 0.1) is 0 Å². The Morgan fingerprint density at radius 2 is 1.17 bits per heavy atom. The molecule has 6 aromatic rings. The van der Waals surface area contributed by atoms with E-state index in [0.29, 0.717) is 169 Å². The van der Waals surface area contributed by atoms with Crippen LogP contribution in [0.2, 0.25) is 0 Å². The topological polar surface area (TPSA) is 408 Å². The highest BCUT2D eigenvalue weighted by Gasteiger charge is 2.29. The van der Waals surface area contributed by atoms with Crippen LogP contribution >= 0.6 is 0 Å². The number of unbranched alkanes of at least 4 members (excludes halogenated alkanes) is 1. The lowest BCUT2D eigenvalue weighted by molar-refractivity contribution is -0.139. The molecule has 4 heterocycles. The third-order valence-corrected chi connectivity index (χ3v) is 13.6. The molecule has 528 valence electrons. The van der Waals surface area contributed by atoms with Crippen LogP contribution in [0.15, 0.2) is 64.5 Å². The molecule has 1 atom stereocenters. The Bertz CT molecular complexity index is 3360. The van der Waals surface area contributed by atoms with Gasteiger partial charge in [-0.1, -0.05) is 31.5 Å². The van der Waals surface area contributed by atoms with Crippen molar-refractivity contribution in [2.24, 2.45) is 4.99 Å². The normalized spacial score (nSPS) is 12.1. The standard InChI is InChI=1S/C64H92N12O20/c1-4-5-10-52-73-54-56(49-8-6-7-9-50(49)71-57(54)65)76(52)45-64(2,3)96-63(82)95-42-41-94-40-39-93-38-37-92-36-35-91-34-33-90-32-31-89-30-29-88-28-27-87-26-25-86-24-23-85-22-21-84-20-19-83-18-17-67-53(77)16-15-51(61(80)81)72-59(78)46-11-13-47(14-12-46)68-43-48-44-69-58-55(70-48)60(79)75-62(66)74-58/h6-9,11-14,43-44,51H,4-5,10,15-42,45H2,1-3H3,(H2,65,71)(H,67,77)(H,72,78)(H,80,81)(H3,66,69,74,75,79). The van der Waals surface area contributed by atoms with Gasteiger partial charge in [-0.15, -0.1) is 0 Å². The number of para-hydroxylation sites is 1. The summed E-state index contributed by atoms with van der Waals surface area (Å²) < 4.78 is 79.5. The van der Waals surface area contributed by atoms with Crippen LogP contribution in [-0.4, -0.2) is 253 Å². The van der Waals surface area contributed by atoms with E-state index in [4.69, 9.17) is 82.8 Å². The number of nitrogens with zero attached hydrogens (tertiary/aromatic N) is 7. The number of amides is 2. The highest BCUT2D eigenvalue weighted by atomic mass is 16.7. The molecule has 0 fully saturated rings. The van der Waals surface area contributed by atoms with Gasteiger partial charge in [0.2, 0.25) is 11.9 Å². The van der Waals surface area contributed by atoms with Gasteiger partial charge in [-0.05, 0) is 57.0 Å². The smallest absolute Gasteiger partial charge is 0.480 e. The maximum absolute atomic E-state index is 12.8. The van der Waals surface area contributed by atoms with E-state index >= 15 is 0 Å². The number of H-pyrrole nitrogens is 1. The summed E-state index contributed by atoms with van der Waals surface area (Å²) in [5, 5.41) is 15.7. The Balaban J connectivity index is 0.611. The second-order valence-corrected chi connectivity index (χ2v) is 21.7. The zero-order valence-electron chi connectivity index (χ0n) is 55.0. The summed E-state index contributed by atoms with van der Waals surface area (Å²) in [7, 11) is 0. The lowest BCUT2D eigenvalue weighted by Gasteiger charge is -2.26. The average molecular weight is 1350 g/mol. The number of anilines is 2. The number of carboxylic acids is 1. The van der Waals surface area contributed by atoms with Crippen LogP contribution in [0.3, 0.4) is 0 Å². The monoisotopic (exact) mass is 1350 g/mol. The van der Waals surface area contributed by atoms with Crippen LogP contribution in [0.5, 0.6) is 0 Å². The van der Waals surface area contributed by atoms with Gasteiger partial charge in [-0.2, -0.15) is 4.98 Å². The summed E-state index contributed by atoms with van der Waals surface area (Å²) >= 11 is 0. The van der Waals surface area contributed by atoms with E-state index in [-0.39, 0.29) is 67.6 Å². The fraction of sp³-hybridized carbons (Fsp3) is 0.578. The predicted molar refractivity (Wildman–Crippen MR) is 352 cm³/mol. The number of hydrogen-bond acceptors (Lipinski definition) is 27. The molecule has 6 rings (SSSR count). The molecule has 4 aromatic heterocycles. The van der Waals surface area contributed by atoms with Crippen LogP contribution in [0.4, 0.5) is 22.2 Å². The minimum Gasteiger partial charge on any atom is -0.480 e. The number of fused-ring (bicyclic) bond motifs is 4. The van der Waals surface area contributed by atoms with Gasteiger partial charge in [0.25, 0.3) is 11.5 Å². The fourth-order valence-corrected chi connectivity index (χ4v) is 8.95. The summed E-state index contributed by atoms with van der Waals surface area (Å²) in [6.07, 6.45) is 4.40. The Morgan fingerprint density at radius 3 is 1.69 bits per heavy atom. The van der Waals surface area contributed by atoms with E-state index < -0.39 is 41.1 Å². The number of aliphatic carboxylic acids is 1. The van der Waals surface area contributed by atoms with Crippen molar-refractivity contribution in [1.82, 2.24) is 45.1 Å². The zero-order valence-corrected chi connectivity index (χ0v) is 55.0. The summed E-state index contributed by atoms with van der Waals surface area (Å²) in [5.41, 5.74) is 13.7. The molecular formula is C64H92N12O20. The Hall–Kier alpha value is -7.99. The van der Waals surface area contributed by atoms with Crippen molar-refractivity contribution in [2.45, 2.75) is 71.1 Å². The van der Waals surface area contributed by atoms with Gasteiger partial charge < -0.3 is 98.1 Å². The second-order valence-electron chi connectivity index (χ2n) is 21.7. The summed E-state index contributed by atoms with van der Waals surface area (Å²) in [5.74, 6) is -1.17. The maximum Gasteiger partial charge on any atom is 0.508 e. The number of carbonyl (C=O) groups excluding carboxylic acids is 3. The number of aryl methyl sites for hydroxylation is 1. The number of aliphatic imine (C=N–C) groups is 1. The van der Waals surface area contributed by atoms with Crippen molar-refractivity contribution < 1.29 is 90.6 Å². The molecule has 0 aliphatic carbocycles. The van der Waals surface area contributed by atoms with Gasteiger partial charge in [-0.25, -0.2) is 29.5 Å². The second kappa shape index (κ2) is 44.7. The first kappa shape index (κ1) is 77.0. The molecule has 8 N–H and O–H groups in total. The van der Waals surface area contributed by atoms with Crippen molar-refractivity contribution in [3.05, 3.63) is 82.2 Å². The summed E-state index contributed by atoms with van der Waals surface area (Å²) in [6.45, 7) is 15.7. The number of benzene rings is 2. The van der Waals surface area contributed by atoms with Gasteiger partial charge in [0.1, 0.15) is 35.3 Å². The van der Waals surface area contributed by atoms with Gasteiger partial charge in [-0.3, -0.25) is 24.4 Å². The van der Waals surface area contributed by atoms with E-state index in [1.807, 2.05) is 38.1 Å². The third-order valence-electron chi connectivity index (χ3n) is 13.6. The Morgan fingerprint density at radius 1 is 0.656 bits per heavy atom. The molecule has 0 radical (unpaired) electrons. The quantitative estimate of drug-likeness (QED) is 0.0180. The molecule has 2 aromatic carbocycles. The summed E-state index contributed by atoms with van der Waals surface area (Å²) in [6, 6.07) is 12.5. The lowest BCUT2D eigenvalue weighted by Crippen LogP contribution is -2.41. The van der Waals surface area contributed by atoms with Gasteiger partial charge >= 0.3 is 12.1 Å². The molecule has 0 bridgehead atoms. The molecule has 32 nitrogen and oxygen atoms in total. The molecule has 2 amide bonds. The number of nitrogens with one attached hydrogen (secondary N) is 3. The van der Waals surface area contributed by atoms with Crippen molar-refractivity contribution in [1.29, 1.82) is 0 Å². The van der Waals surface area contributed by atoms with E-state index in [1.165, 1.54) is 24.5 Å². The number of nitrogen functional groups attached to an aromatic ring is 2. The molecule has 0 aliphatic heterocycles. The predicted octanol–water partition coefficient (Wildman–Crippen LogP) is 3.78. The van der Waals surface area contributed by atoms with Crippen molar-refractivity contribution >= 4 is 80.7 Å². The molecule has 0 saturated heterocycles. The van der Waals surface area contributed by atoms with Crippen LogP contribution < -0.4 is 27.7 Å². The van der Waals surface area contributed by atoms with Crippen LogP contribution in [0.25, 0.3) is 33.1 Å². The number of carboxylic acid groups (broad SMARTS) is 1. The van der Waals surface area contributed by atoms with Gasteiger partial charge in [0.05, 0.1) is 194 Å². The minimum atomic E-state index is -1.31. The third kappa shape index (κ3) is 29.6. The number of ether oxygens (including phenoxy) is 14. The Labute approximate surface area is 556 Å². The number of hydrogen-bond donors (Lipinski definition) is 6. The molecular weight excluding hydrogens is 1260 g/mol. The van der Waals surface area contributed by atoms with Gasteiger partial charge in [0, 0.05) is 30.3 Å². The molecule has 32 heteroatoms. The molecule has 0 spiro atoms. The van der Waals surface area contributed by atoms with E-state index in [2.05, 4.69) is 52.0 Å². The fourth-order valence-electron chi connectivity index (χ4n) is 8.95. The lowest BCUT2D eigenvalue weighted by atomic mass is 10.1. The molecule has 0 aliphatic rings. The average Bonchev–Trinajstić information content (AvgIpc) is 1.61. The van der Waals surface area contributed by atoms with Crippen molar-refractivity contribution in [3.8, 4) is 0 Å². The number of imidazole rings is 1. The first-order chi connectivity index (χ1) is 46.7. The number of carbonyl (C=O) groups is 4. The first-order valence-electron chi connectivity index (χ1n) is 32.0. The maximum atomic E-state index is 12.8. The van der Waals surface area contributed by atoms with E-state index in [1.54, 1.807) is 12.1 Å². The number of nitrogens with two attached hydrogens (primary N) is 2. The van der Waals surface area contributed by atoms with Gasteiger partial charge in [0.15, 0.2) is 17.0 Å². The summed E-state index contributed by atoms with van der Waals surface area (Å²) in [4.78, 5) is 90.1. The van der Waals surface area contributed by atoms with E-state index in [9.17, 15) is 29.1 Å². The minimum absolute atomic E-state index is 0.00367. The SMILES string of the molecule is CCCCc1nc2c(N)nc3ccccc3c2n1CC(C)(C)OC(=O)OCCOCCOCCOCCOCCOCCOCCOCCOCCOCCOCCOCCOCCNC(=O)CCC(NC(=O)c1ccc(N=Cc2cnc3nc(N)[nH]c(=O)c3n2)cc1)C(=O)O. The largest absolute Gasteiger partial charge is 0.508 e. The number of aromatic nitrogens is 7. The molecule has 0 saturated carbocycles. The molecule has 96 heavy (non-hydrogen) atoms. The van der Waals surface area contributed by atoms with Crippen molar-refractivity contribution in [2.75, 3.05) is 183 Å². The molecule has 1 unspecified atom stereocenters. The van der Waals surface area contributed by atoms with E-state index in [0.717, 1.165) is 41.5 Å². The first-order valence-corrected chi connectivity index (χ1v) is 32.0. The zero-order chi connectivity index (χ0) is 68.4. The van der Waals surface area contributed by atoms with Crippen molar-refractivity contribution in [3.63, 3.8) is 0 Å². The highest BCUT2D eigenvalue weighted by Crippen LogP contribution is 2.31. The van der Waals surface area contributed by atoms with Crippen LogP contribution in [0.1, 0.15) is 68.3 Å². The highest BCUT2D eigenvalue weighted by molar-refractivity contribution is 6.06. The number of rotatable bonds is 53. The van der Waals surface area contributed by atoms with Crippen LogP contribution in [-0.2, 0) is 88.9 Å².